The summed E-state index contributed by atoms with van der Waals surface area (Å²) in [5, 5.41) is 9.37. The van der Waals surface area contributed by atoms with Crippen molar-refractivity contribution in [3.8, 4) is 17.2 Å². The standard InChI is InChI=1S/C19H27FN4O3/c1-10(2)26-17-15(20)8-13(18-23-24-19(25)27-18)9-16(17)22-11(3)12-4-6-14(21)7-5-12/h8-12,14,22H,4-7,21H2,1-3H3,(H,24,25)/t11-,12?,14?/m0/s1. The van der Waals surface area contributed by atoms with Crippen molar-refractivity contribution < 1.29 is 13.5 Å². The van der Waals surface area contributed by atoms with Crippen molar-refractivity contribution >= 4 is 5.69 Å². The van der Waals surface area contributed by atoms with Gasteiger partial charge in [0.2, 0.25) is 5.89 Å². The Morgan fingerprint density at radius 1 is 1.30 bits per heavy atom. The molecule has 1 aromatic heterocycles. The van der Waals surface area contributed by atoms with Crippen LogP contribution in [0.4, 0.5) is 10.1 Å². The van der Waals surface area contributed by atoms with E-state index in [1.807, 2.05) is 13.8 Å². The fourth-order valence-electron chi connectivity index (χ4n) is 3.54. The number of ether oxygens (including phenoxy) is 1. The van der Waals surface area contributed by atoms with Crippen LogP contribution in [0, 0.1) is 11.7 Å². The first-order valence-electron chi connectivity index (χ1n) is 9.41. The lowest BCUT2D eigenvalue weighted by atomic mass is 9.82. The number of anilines is 1. The molecule has 1 aliphatic rings. The summed E-state index contributed by atoms with van der Waals surface area (Å²) in [4.78, 5) is 11.2. The molecule has 3 rings (SSSR count). The van der Waals surface area contributed by atoms with Crippen molar-refractivity contribution in [2.24, 2.45) is 11.7 Å². The molecule has 4 N–H and O–H groups in total. The molecular weight excluding hydrogens is 351 g/mol. The van der Waals surface area contributed by atoms with Crippen LogP contribution in [0.5, 0.6) is 5.75 Å². The van der Waals surface area contributed by atoms with Crippen LogP contribution in [0.25, 0.3) is 11.5 Å². The first kappa shape index (κ1) is 19.4. The van der Waals surface area contributed by atoms with E-state index in [4.69, 9.17) is 14.9 Å². The third-order valence-corrected chi connectivity index (χ3v) is 4.99. The molecule has 1 aromatic carbocycles. The normalized spacial score (nSPS) is 21.3. The van der Waals surface area contributed by atoms with Crippen LogP contribution in [0.3, 0.4) is 0 Å². The van der Waals surface area contributed by atoms with Gasteiger partial charge in [0.1, 0.15) is 0 Å². The Balaban J connectivity index is 1.90. The minimum absolute atomic E-state index is 0.0364. The van der Waals surface area contributed by atoms with Crippen molar-refractivity contribution in [2.75, 3.05) is 5.32 Å². The van der Waals surface area contributed by atoms with Gasteiger partial charge in [-0.25, -0.2) is 14.3 Å². The Morgan fingerprint density at radius 3 is 2.59 bits per heavy atom. The number of rotatable bonds is 6. The average Bonchev–Trinajstić information content (AvgIpc) is 3.04. The lowest BCUT2D eigenvalue weighted by Gasteiger charge is -2.32. The summed E-state index contributed by atoms with van der Waals surface area (Å²) in [6, 6.07) is 3.35. The number of aromatic nitrogens is 2. The average molecular weight is 378 g/mol. The summed E-state index contributed by atoms with van der Waals surface area (Å²) in [6.45, 7) is 5.77. The first-order chi connectivity index (χ1) is 12.8. The Hall–Kier alpha value is -2.35. The number of nitrogens with one attached hydrogen (secondary N) is 2. The maximum Gasteiger partial charge on any atom is 0.434 e. The first-order valence-corrected chi connectivity index (χ1v) is 9.41. The van der Waals surface area contributed by atoms with Crippen LogP contribution in [0.1, 0.15) is 46.5 Å². The number of benzene rings is 1. The molecule has 7 nitrogen and oxygen atoms in total. The number of hydrogen-bond acceptors (Lipinski definition) is 6. The topological polar surface area (TPSA) is 106 Å². The Kier molecular flexibility index (Phi) is 5.84. The van der Waals surface area contributed by atoms with Crippen LogP contribution in [0.15, 0.2) is 21.3 Å². The van der Waals surface area contributed by atoms with E-state index >= 15 is 0 Å². The number of nitrogens with zero attached hydrogens (tertiary/aromatic N) is 1. The minimum Gasteiger partial charge on any atom is -0.486 e. The van der Waals surface area contributed by atoms with Crippen molar-refractivity contribution in [1.82, 2.24) is 10.2 Å². The van der Waals surface area contributed by atoms with Crippen molar-refractivity contribution in [3.05, 3.63) is 28.5 Å². The van der Waals surface area contributed by atoms with E-state index in [0.717, 1.165) is 25.7 Å². The fourth-order valence-corrected chi connectivity index (χ4v) is 3.54. The predicted octanol–water partition coefficient (Wildman–Crippen LogP) is 3.27. The third kappa shape index (κ3) is 4.68. The molecule has 148 valence electrons. The van der Waals surface area contributed by atoms with Gasteiger partial charge in [0.25, 0.3) is 0 Å². The van der Waals surface area contributed by atoms with E-state index in [1.165, 1.54) is 6.07 Å². The van der Waals surface area contributed by atoms with Crippen LogP contribution in [-0.2, 0) is 0 Å². The van der Waals surface area contributed by atoms with Gasteiger partial charge >= 0.3 is 5.76 Å². The maximum absolute atomic E-state index is 14.8. The van der Waals surface area contributed by atoms with E-state index in [0.29, 0.717) is 17.2 Å². The summed E-state index contributed by atoms with van der Waals surface area (Å²) in [5.74, 6) is -0.575. The SMILES string of the molecule is CC(C)Oc1c(F)cc(-c2n[nH]c(=O)o2)cc1N[C@@H](C)C1CCC(N)CC1. The van der Waals surface area contributed by atoms with E-state index in [-0.39, 0.29) is 29.8 Å². The Bertz CT molecular complexity index is 825. The highest BCUT2D eigenvalue weighted by Gasteiger charge is 2.25. The summed E-state index contributed by atoms with van der Waals surface area (Å²) in [6.07, 6.45) is 3.88. The third-order valence-electron chi connectivity index (χ3n) is 4.99. The zero-order chi connectivity index (χ0) is 19.6. The van der Waals surface area contributed by atoms with Gasteiger partial charge in [-0.15, -0.1) is 5.10 Å². The second-order valence-corrected chi connectivity index (χ2v) is 7.53. The largest absolute Gasteiger partial charge is 0.486 e. The highest BCUT2D eigenvalue weighted by atomic mass is 19.1. The molecular formula is C19H27FN4O3. The van der Waals surface area contributed by atoms with Crippen molar-refractivity contribution in [3.63, 3.8) is 0 Å². The van der Waals surface area contributed by atoms with Gasteiger partial charge in [-0.05, 0) is 64.5 Å². The number of hydrogen-bond donors (Lipinski definition) is 3. The summed E-state index contributed by atoms with van der Waals surface area (Å²) in [5.41, 5.74) is 6.88. The number of halogens is 1. The Labute approximate surface area is 157 Å². The molecule has 0 aliphatic heterocycles. The van der Waals surface area contributed by atoms with E-state index in [2.05, 4.69) is 22.4 Å². The summed E-state index contributed by atoms with van der Waals surface area (Å²) >= 11 is 0. The van der Waals surface area contributed by atoms with E-state index in [9.17, 15) is 9.18 Å². The molecule has 1 aliphatic carbocycles. The number of H-pyrrole nitrogens is 1. The molecule has 0 amide bonds. The van der Waals surface area contributed by atoms with Gasteiger partial charge in [-0.1, -0.05) is 0 Å². The van der Waals surface area contributed by atoms with Gasteiger partial charge in [0.15, 0.2) is 11.6 Å². The van der Waals surface area contributed by atoms with Crippen molar-refractivity contribution in [1.29, 1.82) is 0 Å². The molecule has 2 aromatic rings. The van der Waals surface area contributed by atoms with Crippen LogP contribution < -0.4 is 21.5 Å². The molecule has 0 spiro atoms. The second-order valence-electron chi connectivity index (χ2n) is 7.53. The van der Waals surface area contributed by atoms with E-state index in [1.54, 1.807) is 6.07 Å². The van der Waals surface area contributed by atoms with E-state index < -0.39 is 11.6 Å². The zero-order valence-corrected chi connectivity index (χ0v) is 15.9. The highest BCUT2D eigenvalue weighted by molar-refractivity contribution is 5.68. The number of aromatic amines is 1. The highest BCUT2D eigenvalue weighted by Crippen LogP contribution is 2.36. The molecule has 0 radical (unpaired) electrons. The summed E-state index contributed by atoms with van der Waals surface area (Å²) in [7, 11) is 0. The maximum atomic E-state index is 14.8. The zero-order valence-electron chi connectivity index (χ0n) is 15.9. The fraction of sp³-hybridized carbons (Fsp3) is 0.579. The van der Waals surface area contributed by atoms with Crippen LogP contribution >= 0.6 is 0 Å². The molecule has 0 unspecified atom stereocenters. The predicted molar refractivity (Wildman–Crippen MR) is 101 cm³/mol. The lowest BCUT2D eigenvalue weighted by molar-refractivity contribution is 0.232. The Morgan fingerprint density at radius 2 is 2.00 bits per heavy atom. The van der Waals surface area contributed by atoms with Crippen LogP contribution in [0.2, 0.25) is 0 Å². The van der Waals surface area contributed by atoms with Crippen LogP contribution in [-0.4, -0.2) is 28.4 Å². The second kappa shape index (κ2) is 8.12. The smallest absolute Gasteiger partial charge is 0.434 e. The molecule has 1 saturated carbocycles. The van der Waals surface area contributed by atoms with Gasteiger partial charge in [0.05, 0.1) is 11.8 Å². The molecule has 1 heterocycles. The molecule has 1 atom stereocenters. The lowest BCUT2D eigenvalue weighted by Crippen LogP contribution is -2.34. The molecule has 0 saturated heterocycles. The number of nitrogens with two attached hydrogens (primary N) is 1. The van der Waals surface area contributed by atoms with Gasteiger partial charge in [-0.3, -0.25) is 0 Å². The van der Waals surface area contributed by atoms with Gasteiger partial charge < -0.3 is 20.2 Å². The molecule has 1 fully saturated rings. The molecule has 8 heteroatoms. The monoisotopic (exact) mass is 378 g/mol. The summed E-state index contributed by atoms with van der Waals surface area (Å²) < 4.78 is 25.4. The molecule has 0 bridgehead atoms. The minimum atomic E-state index is -0.686. The van der Waals surface area contributed by atoms with Gasteiger partial charge in [-0.2, -0.15) is 0 Å². The van der Waals surface area contributed by atoms with Crippen molar-refractivity contribution in [2.45, 2.75) is 64.6 Å². The van der Waals surface area contributed by atoms with Gasteiger partial charge in [0, 0.05) is 17.6 Å². The molecule has 27 heavy (non-hydrogen) atoms. The quantitative estimate of drug-likeness (QED) is 0.712.